The largest absolute Gasteiger partial charge is 0.369 e. The van der Waals surface area contributed by atoms with Crippen LogP contribution in [0.15, 0.2) is 18.3 Å². The molecule has 0 unspecified atom stereocenters. The first-order valence-corrected chi connectivity index (χ1v) is 6.15. The molecule has 1 N–H and O–H groups in total. The highest BCUT2D eigenvalue weighted by Crippen LogP contribution is 2.21. The Labute approximate surface area is 104 Å². The molecule has 0 aromatic carbocycles. The molecular formula is C14H21N3. The molecule has 0 radical (unpaired) electrons. The van der Waals surface area contributed by atoms with Crippen molar-refractivity contribution in [3.63, 3.8) is 0 Å². The molecule has 92 valence electrons. The van der Waals surface area contributed by atoms with Gasteiger partial charge in [-0.1, -0.05) is 27.7 Å². The third-order valence-corrected chi connectivity index (χ3v) is 3.15. The number of hydrogen-bond donors (Lipinski definition) is 1. The first-order valence-electron chi connectivity index (χ1n) is 6.15. The molecule has 0 aliphatic rings. The lowest BCUT2D eigenvalue weighted by atomic mass is 9.85. The Hall–Kier alpha value is -1.56. The van der Waals surface area contributed by atoms with Crippen molar-refractivity contribution in [3.8, 4) is 6.07 Å². The maximum Gasteiger partial charge on any atom is 0.143 e. The highest BCUT2D eigenvalue weighted by molar-refractivity contribution is 5.51. The van der Waals surface area contributed by atoms with E-state index in [9.17, 15) is 0 Å². The van der Waals surface area contributed by atoms with Gasteiger partial charge in [-0.05, 0) is 29.9 Å². The minimum atomic E-state index is 0.587. The van der Waals surface area contributed by atoms with E-state index >= 15 is 0 Å². The monoisotopic (exact) mass is 231 g/mol. The summed E-state index contributed by atoms with van der Waals surface area (Å²) >= 11 is 0. The molecule has 17 heavy (non-hydrogen) atoms. The summed E-state index contributed by atoms with van der Waals surface area (Å²) in [7, 11) is 0. The van der Waals surface area contributed by atoms with Crippen LogP contribution in [0.1, 0.15) is 33.3 Å². The maximum absolute atomic E-state index is 8.97. The van der Waals surface area contributed by atoms with Gasteiger partial charge in [-0.3, -0.25) is 0 Å². The van der Waals surface area contributed by atoms with Crippen LogP contribution in [0.2, 0.25) is 0 Å². The average Bonchev–Trinajstić information content (AvgIpc) is 2.29. The van der Waals surface area contributed by atoms with Crippen molar-refractivity contribution in [2.24, 2.45) is 17.8 Å². The van der Waals surface area contributed by atoms with E-state index in [4.69, 9.17) is 5.26 Å². The molecule has 0 aliphatic heterocycles. The van der Waals surface area contributed by atoms with Crippen LogP contribution in [0, 0.1) is 29.1 Å². The summed E-state index contributed by atoms with van der Waals surface area (Å²) < 4.78 is 0. The van der Waals surface area contributed by atoms with Gasteiger partial charge in [0, 0.05) is 12.7 Å². The molecular weight excluding hydrogens is 210 g/mol. The Bertz CT molecular complexity index is 383. The lowest BCUT2D eigenvalue weighted by Gasteiger charge is -2.25. The molecule has 1 aromatic rings. The van der Waals surface area contributed by atoms with Gasteiger partial charge in [-0.15, -0.1) is 0 Å². The van der Waals surface area contributed by atoms with Crippen LogP contribution in [-0.4, -0.2) is 11.5 Å². The lowest BCUT2D eigenvalue weighted by molar-refractivity contribution is 0.304. The van der Waals surface area contributed by atoms with Gasteiger partial charge >= 0.3 is 0 Å². The van der Waals surface area contributed by atoms with E-state index in [1.807, 2.05) is 0 Å². The van der Waals surface area contributed by atoms with Gasteiger partial charge in [0.25, 0.3) is 0 Å². The van der Waals surface area contributed by atoms with Crippen LogP contribution in [0.3, 0.4) is 0 Å². The first-order chi connectivity index (χ1) is 8.06. The summed E-state index contributed by atoms with van der Waals surface area (Å²) in [6.07, 6.45) is 1.71. The summed E-state index contributed by atoms with van der Waals surface area (Å²) in [4.78, 5) is 4.21. The smallest absolute Gasteiger partial charge is 0.143 e. The molecule has 3 heteroatoms. The normalized spacial score (nSPS) is 10.9. The Kier molecular flexibility index (Phi) is 4.96. The number of nitrogens with zero attached hydrogens (tertiary/aromatic N) is 2. The molecule has 0 saturated carbocycles. The molecule has 0 fully saturated rings. The van der Waals surface area contributed by atoms with E-state index in [1.165, 1.54) is 0 Å². The van der Waals surface area contributed by atoms with Crippen molar-refractivity contribution in [2.45, 2.75) is 27.7 Å². The van der Waals surface area contributed by atoms with E-state index in [0.29, 0.717) is 29.1 Å². The number of anilines is 1. The fourth-order valence-electron chi connectivity index (χ4n) is 2.09. The Morgan fingerprint density at radius 2 is 1.94 bits per heavy atom. The van der Waals surface area contributed by atoms with Gasteiger partial charge in [-0.25, -0.2) is 4.98 Å². The molecule has 0 atom stereocenters. The fourth-order valence-corrected chi connectivity index (χ4v) is 2.09. The Morgan fingerprint density at radius 1 is 1.29 bits per heavy atom. The predicted octanol–water partition coefficient (Wildman–Crippen LogP) is 3.29. The summed E-state index contributed by atoms with van der Waals surface area (Å²) in [5.41, 5.74) is 0.610. The number of nitriles is 1. The van der Waals surface area contributed by atoms with Crippen molar-refractivity contribution in [3.05, 3.63) is 23.9 Å². The van der Waals surface area contributed by atoms with Crippen molar-refractivity contribution in [1.82, 2.24) is 4.98 Å². The average molecular weight is 231 g/mol. The zero-order valence-electron chi connectivity index (χ0n) is 11.1. The van der Waals surface area contributed by atoms with Gasteiger partial charge in [0.05, 0.1) is 5.56 Å². The van der Waals surface area contributed by atoms with Crippen LogP contribution in [-0.2, 0) is 0 Å². The summed E-state index contributed by atoms with van der Waals surface area (Å²) in [5, 5.41) is 12.3. The standard InChI is InChI=1S/C14H21N3/c1-10(2)13(11(3)4)9-17-14-12(8-15)6-5-7-16-14/h5-7,10-11,13H,9H2,1-4H3,(H,16,17). The molecule has 1 aromatic heterocycles. The topological polar surface area (TPSA) is 48.7 Å². The zero-order chi connectivity index (χ0) is 12.8. The molecule has 1 heterocycles. The van der Waals surface area contributed by atoms with Crippen LogP contribution in [0.5, 0.6) is 0 Å². The Balaban J connectivity index is 2.69. The second-order valence-electron chi connectivity index (χ2n) is 5.04. The molecule has 0 amide bonds. The molecule has 0 bridgehead atoms. The number of hydrogen-bond acceptors (Lipinski definition) is 3. The molecule has 0 aliphatic carbocycles. The van der Waals surface area contributed by atoms with E-state index in [-0.39, 0.29) is 0 Å². The molecule has 0 spiro atoms. The van der Waals surface area contributed by atoms with Gasteiger partial charge in [0.2, 0.25) is 0 Å². The van der Waals surface area contributed by atoms with Crippen LogP contribution >= 0.6 is 0 Å². The summed E-state index contributed by atoms with van der Waals surface area (Å²) in [6.45, 7) is 9.79. The second-order valence-corrected chi connectivity index (χ2v) is 5.04. The minimum absolute atomic E-state index is 0.587. The van der Waals surface area contributed by atoms with Crippen molar-refractivity contribution >= 4 is 5.82 Å². The molecule has 1 rings (SSSR count). The molecule has 3 nitrogen and oxygen atoms in total. The number of nitrogens with one attached hydrogen (secondary N) is 1. The number of pyridine rings is 1. The van der Waals surface area contributed by atoms with E-state index < -0.39 is 0 Å². The highest BCUT2D eigenvalue weighted by atomic mass is 15.0. The quantitative estimate of drug-likeness (QED) is 0.846. The van der Waals surface area contributed by atoms with Crippen LogP contribution in [0.25, 0.3) is 0 Å². The lowest BCUT2D eigenvalue weighted by Crippen LogP contribution is -2.25. The van der Waals surface area contributed by atoms with Crippen molar-refractivity contribution in [1.29, 1.82) is 5.26 Å². The van der Waals surface area contributed by atoms with Crippen LogP contribution < -0.4 is 5.32 Å². The highest BCUT2D eigenvalue weighted by Gasteiger charge is 2.17. The van der Waals surface area contributed by atoms with Crippen LogP contribution in [0.4, 0.5) is 5.82 Å². The van der Waals surface area contributed by atoms with Gasteiger partial charge in [0.1, 0.15) is 11.9 Å². The number of aromatic nitrogens is 1. The minimum Gasteiger partial charge on any atom is -0.369 e. The third kappa shape index (κ3) is 3.74. The second kappa shape index (κ2) is 6.24. The van der Waals surface area contributed by atoms with Crippen molar-refractivity contribution < 1.29 is 0 Å². The van der Waals surface area contributed by atoms with Gasteiger partial charge in [-0.2, -0.15) is 5.26 Å². The SMILES string of the molecule is CC(C)C(CNc1ncccc1C#N)C(C)C. The summed E-state index contributed by atoms with van der Waals surface area (Å²) in [6, 6.07) is 5.72. The maximum atomic E-state index is 8.97. The van der Waals surface area contributed by atoms with E-state index in [1.54, 1.807) is 18.3 Å². The van der Waals surface area contributed by atoms with E-state index in [0.717, 1.165) is 6.54 Å². The zero-order valence-corrected chi connectivity index (χ0v) is 11.1. The first kappa shape index (κ1) is 13.5. The number of rotatable bonds is 5. The molecule has 0 saturated heterocycles. The van der Waals surface area contributed by atoms with E-state index in [2.05, 4.69) is 44.1 Å². The Morgan fingerprint density at radius 3 is 2.47 bits per heavy atom. The summed E-state index contributed by atoms with van der Waals surface area (Å²) in [5.74, 6) is 2.53. The van der Waals surface area contributed by atoms with Gasteiger partial charge < -0.3 is 5.32 Å². The van der Waals surface area contributed by atoms with Gasteiger partial charge in [0.15, 0.2) is 0 Å². The van der Waals surface area contributed by atoms with Crippen molar-refractivity contribution in [2.75, 3.05) is 11.9 Å². The predicted molar refractivity (Wildman–Crippen MR) is 70.6 cm³/mol. The fraction of sp³-hybridized carbons (Fsp3) is 0.571. The third-order valence-electron chi connectivity index (χ3n) is 3.15.